The topological polar surface area (TPSA) is 26.3 Å². The molecular weight excluding hydrogens is 311 g/mol. The summed E-state index contributed by atoms with van der Waals surface area (Å²) in [5, 5.41) is 0. The minimum Gasteiger partial charge on any atom is -0.492 e. The summed E-state index contributed by atoms with van der Waals surface area (Å²) in [5.41, 5.74) is 2.01. The van der Waals surface area contributed by atoms with Crippen LogP contribution in [0.1, 0.15) is 21.5 Å². The molecule has 19 heavy (non-hydrogen) atoms. The lowest BCUT2D eigenvalue weighted by Crippen LogP contribution is -2.05. The molecular formula is C15H10BrFO2. The first kappa shape index (κ1) is 12.4. The van der Waals surface area contributed by atoms with Gasteiger partial charge in [0.25, 0.3) is 0 Å². The highest BCUT2D eigenvalue weighted by Gasteiger charge is 2.22. The molecule has 0 N–H and O–H groups in total. The predicted molar refractivity (Wildman–Crippen MR) is 73.2 cm³/mol. The third-order valence-corrected chi connectivity index (χ3v) is 3.79. The highest BCUT2D eigenvalue weighted by molar-refractivity contribution is 9.10. The lowest BCUT2D eigenvalue weighted by atomic mass is 10.00. The van der Waals surface area contributed by atoms with Crippen LogP contribution < -0.4 is 4.74 Å². The molecule has 3 rings (SSSR count). The van der Waals surface area contributed by atoms with Crippen LogP contribution in [0, 0.1) is 5.82 Å². The SMILES string of the molecule is O=C(c1ccc(F)cc1Br)c1cccc2c1OCC2. The van der Waals surface area contributed by atoms with E-state index < -0.39 is 0 Å². The third kappa shape index (κ3) is 2.16. The summed E-state index contributed by atoms with van der Waals surface area (Å²) in [4.78, 5) is 12.5. The number of para-hydroxylation sites is 1. The maximum atomic E-state index is 13.1. The van der Waals surface area contributed by atoms with E-state index in [0.717, 1.165) is 12.0 Å². The molecule has 1 aliphatic heterocycles. The summed E-state index contributed by atoms with van der Waals surface area (Å²) in [6.45, 7) is 0.601. The molecule has 4 heteroatoms. The Bertz CT molecular complexity index is 667. The van der Waals surface area contributed by atoms with Crippen LogP contribution >= 0.6 is 15.9 Å². The zero-order valence-electron chi connectivity index (χ0n) is 9.95. The summed E-state index contributed by atoms with van der Waals surface area (Å²) in [7, 11) is 0. The fourth-order valence-electron chi connectivity index (χ4n) is 2.21. The van der Waals surface area contributed by atoms with Crippen molar-refractivity contribution in [2.45, 2.75) is 6.42 Å². The number of benzene rings is 2. The van der Waals surface area contributed by atoms with Gasteiger partial charge in [0.05, 0.1) is 12.2 Å². The van der Waals surface area contributed by atoms with Gasteiger partial charge in [-0.1, -0.05) is 12.1 Å². The Balaban J connectivity index is 2.08. The van der Waals surface area contributed by atoms with Crippen molar-refractivity contribution in [3.8, 4) is 5.75 Å². The Hall–Kier alpha value is -1.68. The Morgan fingerprint density at radius 2 is 2.05 bits per heavy atom. The quantitative estimate of drug-likeness (QED) is 0.788. The van der Waals surface area contributed by atoms with Gasteiger partial charge in [0.1, 0.15) is 11.6 Å². The first-order chi connectivity index (χ1) is 9.16. The van der Waals surface area contributed by atoms with Crippen molar-refractivity contribution in [1.82, 2.24) is 0 Å². The minimum atomic E-state index is -0.377. The number of rotatable bonds is 2. The summed E-state index contributed by atoms with van der Waals surface area (Å²) < 4.78 is 19.0. The van der Waals surface area contributed by atoms with Gasteiger partial charge in [0.15, 0.2) is 5.78 Å². The summed E-state index contributed by atoms with van der Waals surface area (Å²) in [5.74, 6) is 0.118. The van der Waals surface area contributed by atoms with E-state index >= 15 is 0 Å². The maximum absolute atomic E-state index is 13.1. The summed E-state index contributed by atoms with van der Waals surface area (Å²) in [6, 6.07) is 9.59. The van der Waals surface area contributed by atoms with Crippen LogP contribution in [-0.4, -0.2) is 12.4 Å². The van der Waals surface area contributed by atoms with Crippen molar-refractivity contribution in [1.29, 1.82) is 0 Å². The number of hydrogen-bond acceptors (Lipinski definition) is 2. The predicted octanol–water partition coefficient (Wildman–Crippen LogP) is 3.75. The Kier molecular flexibility index (Phi) is 3.11. The Morgan fingerprint density at radius 1 is 1.21 bits per heavy atom. The van der Waals surface area contributed by atoms with E-state index in [9.17, 15) is 9.18 Å². The third-order valence-electron chi connectivity index (χ3n) is 3.13. The number of carbonyl (C=O) groups excluding carboxylic acids is 1. The fraction of sp³-hybridized carbons (Fsp3) is 0.133. The van der Waals surface area contributed by atoms with Gasteiger partial charge in [-0.3, -0.25) is 4.79 Å². The van der Waals surface area contributed by atoms with Crippen molar-refractivity contribution < 1.29 is 13.9 Å². The highest BCUT2D eigenvalue weighted by Crippen LogP contribution is 2.32. The Labute approximate surface area is 118 Å². The molecule has 0 aromatic heterocycles. The van der Waals surface area contributed by atoms with Gasteiger partial charge in [-0.05, 0) is 45.8 Å². The number of ketones is 1. The molecule has 0 bridgehead atoms. The van der Waals surface area contributed by atoms with Crippen LogP contribution in [0.5, 0.6) is 5.75 Å². The molecule has 0 radical (unpaired) electrons. The summed E-state index contributed by atoms with van der Waals surface area (Å²) >= 11 is 3.22. The number of hydrogen-bond donors (Lipinski definition) is 0. The van der Waals surface area contributed by atoms with E-state index in [1.807, 2.05) is 12.1 Å². The van der Waals surface area contributed by atoms with Crippen molar-refractivity contribution in [3.05, 3.63) is 63.4 Å². The van der Waals surface area contributed by atoms with E-state index in [0.29, 0.717) is 28.0 Å². The molecule has 0 atom stereocenters. The van der Waals surface area contributed by atoms with E-state index in [1.165, 1.54) is 18.2 Å². The molecule has 0 spiro atoms. The van der Waals surface area contributed by atoms with Gasteiger partial charge in [-0.15, -0.1) is 0 Å². The molecule has 2 nitrogen and oxygen atoms in total. The number of halogens is 2. The monoisotopic (exact) mass is 320 g/mol. The molecule has 0 unspecified atom stereocenters. The maximum Gasteiger partial charge on any atom is 0.197 e. The lowest BCUT2D eigenvalue weighted by molar-refractivity contribution is 0.103. The fourth-order valence-corrected chi connectivity index (χ4v) is 2.74. The van der Waals surface area contributed by atoms with Gasteiger partial charge in [-0.25, -0.2) is 4.39 Å². The number of carbonyl (C=O) groups is 1. The molecule has 96 valence electrons. The van der Waals surface area contributed by atoms with Crippen LogP contribution in [0.25, 0.3) is 0 Å². The zero-order chi connectivity index (χ0) is 13.4. The van der Waals surface area contributed by atoms with Crippen molar-refractivity contribution in [2.75, 3.05) is 6.61 Å². The molecule has 2 aromatic carbocycles. The molecule has 0 saturated heterocycles. The molecule has 2 aromatic rings. The summed E-state index contributed by atoms with van der Waals surface area (Å²) in [6.07, 6.45) is 0.820. The van der Waals surface area contributed by atoms with Crippen molar-refractivity contribution in [3.63, 3.8) is 0 Å². The van der Waals surface area contributed by atoms with Gasteiger partial charge >= 0.3 is 0 Å². The van der Waals surface area contributed by atoms with E-state index in [2.05, 4.69) is 15.9 Å². The second-order valence-electron chi connectivity index (χ2n) is 4.35. The van der Waals surface area contributed by atoms with E-state index in [-0.39, 0.29) is 11.6 Å². The van der Waals surface area contributed by atoms with E-state index in [1.54, 1.807) is 6.07 Å². The smallest absolute Gasteiger partial charge is 0.197 e. The molecule has 0 amide bonds. The van der Waals surface area contributed by atoms with Gasteiger partial charge in [0.2, 0.25) is 0 Å². The average molecular weight is 321 g/mol. The second-order valence-corrected chi connectivity index (χ2v) is 5.20. The van der Waals surface area contributed by atoms with Crippen LogP contribution in [0.15, 0.2) is 40.9 Å². The number of fused-ring (bicyclic) bond motifs is 1. The largest absolute Gasteiger partial charge is 0.492 e. The zero-order valence-corrected chi connectivity index (χ0v) is 11.5. The molecule has 1 heterocycles. The van der Waals surface area contributed by atoms with Crippen molar-refractivity contribution >= 4 is 21.7 Å². The van der Waals surface area contributed by atoms with Gasteiger partial charge < -0.3 is 4.74 Å². The highest BCUT2D eigenvalue weighted by atomic mass is 79.9. The molecule has 0 aliphatic carbocycles. The first-order valence-corrected chi connectivity index (χ1v) is 6.70. The standard InChI is InChI=1S/C15H10BrFO2/c16-13-8-10(17)4-5-11(13)14(18)12-3-1-2-9-6-7-19-15(9)12/h1-5,8H,6-7H2. The minimum absolute atomic E-state index is 0.161. The van der Waals surface area contributed by atoms with Gasteiger partial charge in [-0.2, -0.15) is 0 Å². The van der Waals surface area contributed by atoms with Gasteiger partial charge in [0, 0.05) is 16.5 Å². The Morgan fingerprint density at radius 3 is 2.84 bits per heavy atom. The average Bonchev–Trinajstić information content (AvgIpc) is 2.86. The molecule has 0 saturated carbocycles. The van der Waals surface area contributed by atoms with Crippen LogP contribution in [0.3, 0.4) is 0 Å². The number of ether oxygens (including phenoxy) is 1. The van der Waals surface area contributed by atoms with Crippen LogP contribution in [0.2, 0.25) is 0 Å². The second kappa shape index (κ2) is 4.78. The molecule has 1 aliphatic rings. The lowest BCUT2D eigenvalue weighted by Gasteiger charge is -2.08. The van der Waals surface area contributed by atoms with Crippen LogP contribution in [0.4, 0.5) is 4.39 Å². The van der Waals surface area contributed by atoms with Crippen molar-refractivity contribution in [2.24, 2.45) is 0 Å². The van der Waals surface area contributed by atoms with E-state index in [4.69, 9.17) is 4.74 Å². The molecule has 0 fully saturated rings. The normalized spacial score (nSPS) is 12.9. The van der Waals surface area contributed by atoms with Crippen LogP contribution in [-0.2, 0) is 6.42 Å². The first-order valence-electron chi connectivity index (χ1n) is 5.91.